The van der Waals surface area contributed by atoms with Crippen molar-refractivity contribution in [3.8, 4) is 16.9 Å². The van der Waals surface area contributed by atoms with Crippen LogP contribution in [0.15, 0.2) is 71.3 Å². The predicted octanol–water partition coefficient (Wildman–Crippen LogP) is 4.58. The minimum atomic E-state index is -1.44. The minimum absolute atomic E-state index is 0.0985. The van der Waals surface area contributed by atoms with Crippen LogP contribution in [0.25, 0.3) is 22.1 Å². The summed E-state index contributed by atoms with van der Waals surface area (Å²) >= 11 is 0. The van der Waals surface area contributed by atoms with Crippen LogP contribution in [0, 0.1) is 0 Å². The number of hydrogen-bond acceptors (Lipinski definition) is 7. The van der Waals surface area contributed by atoms with Crippen LogP contribution in [0.2, 0.25) is 0 Å². The maximum atomic E-state index is 9.42. The van der Waals surface area contributed by atoms with Gasteiger partial charge in [-0.25, -0.2) is 0 Å². The molecule has 1 fully saturated rings. The molecule has 1 aliphatic rings. The van der Waals surface area contributed by atoms with E-state index in [1.54, 1.807) is 6.26 Å². The van der Waals surface area contributed by atoms with E-state index in [2.05, 4.69) is 29.6 Å². The highest BCUT2D eigenvalue weighted by Crippen LogP contribution is 2.35. The summed E-state index contributed by atoms with van der Waals surface area (Å²) in [5.41, 5.74) is 12.4. The third-order valence-electron chi connectivity index (χ3n) is 6.55. The minimum Gasteiger partial charge on any atom is -0.488 e. The molecule has 36 heavy (non-hydrogen) atoms. The third kappa shape index (κ3) is 5.55. The Morgan fingerprint density at radius 2 is 1.92 bits per heavy atom. The summed E-state index contributed by atoms with van der Waals surface area (Å²) in [5.74, 6) is 0.614. The number of nitrogens with one attached hydrogen (secondary N) is 1. The molecule has 7 nitrogen and oxygen atoms in total. The van der Waals surface area contributed by atoms with Gasteiger partial charge >= 0.3 is 0 Å². The molecule has 1 aromatic heterocycles. The summed E-state index contributed by atoms with van der Waals surface area (Å²) in [6, 6.07) is 19.8. The highest BCUT2D eigenvalue weighted by atomic mass is 16.5. The number of anilines is 1. The van der Waals surface area contributed by atoms with Gasteiger partial charge in [0.05, 0.1) is 18.1 Å². The van der Waals surface area contributed by atoms with Crippen molar-refractivity contribution in [2.24, 2.45) is 5.73 Å². The summed E-state index contributed by atoms with van der Waals surface area (Å²) in [6.45, 7) is 2.28. The number of nitrogens with two attached hydrogens (primary N) is 1. The Morgan fingerprint density at radius 1 is 1.03 bits per heavy atom. The molecule has 1 unspecified atom stereocenters. The van der Waals surface area contributed by atoms with E-state index in [9.17, 15) is 10.2 Å². The lowest BCUT2D eigenvalue weighted by Crippen LogP contribution is -2.18. The fraction of sp³-hybridized carbons (Fsp3) is 0.310. The molecular weight excluding hydrogens is 456 g/mol. The summed E-state index contributed by atoms with van der Waals surface area (Å²) in [5, 5.41) is 23.3. The summed E-state index contributed by atoms with van der Waals surface area (Å²) in [4.78, 5) is 0. The van der Waals surface area contributed by atoms with Gasteiger partial charge in [-0.15, -0.1) is 0 Å². The van der Waals surface area contributed by atoms with E-state index in [1.807, 2.05) is 36.4 Å². The third-order valence-corrected chi connectivity index (χ3v) is 6.55. The quantitative estimate of drug-likeness (QED) is 0.242. The average molecular weight is 489 g/mol. The number of furan rings is 1. The van der Waals surface area contributed by atoms with E-state index in [4.69, 9.17) is 19.6 Å². The molecule has 0 saturated carbocycles. The van der Waals surface area contributed by atoms with Crippen LogP contribution in [-0.4, -0.2) is 35.8 Å². The number of rotatable bonds is 10. The Kier molecular flexibility index (Phi) is 7.53. The molecule has 0 bridgehead atoms. The van der Waals surface area contributed by atoms with Crippen LogP contribution in [-0.2, 0) is 24.3 Å². The average Bonchev–Trinajstić information content (AvgIpc) is 3.56. The van der Waals surface area contributed by atoms with E-state index in [-0.39, 0.29) is 19.1 Å². The molecule has 1 aliphatic heterocycles. The molecule has 0 aliphatic carbocycles. The molecule has 3 aromatic carbocycles. The first-order valence-electron chi connectivity index (χ1n) is 12.4. The number of aliphatic hydroxyl groups excluding tert-OH is 1. The zero-order chi connectivity index (χ0) is 24.9. The van der Waals surface area contributed by atoms with Gasteiger partial charge in [-0.3, -0.25) is 0 Å². The van der Waals surface area contributed by atoms with Crippen molar-refractivity contribution >= 4 is 16.7 Å². The van der Waals surface area contributed by atoms with Crippen LogP contribution in [0.5, 0.6) is 5.75 Å². The second-order valence-corrected chi connectivity index (χ2v) is 9.16. The van der Waals surface area contributed by atoms with Crippen molar-refractivity contribution in [3.63, 3.8) is 0 Å². The van der Waals surface area contributed by atoms with Gasteiger partial charge < -0.3 is 35.2 Å². The van der Waals surface area contributed by atoms with Gasteiger partial charge in [0.2, 0.25) is 0 Å². The number of ether oxygens (including phenoxy) is 2. The maximum absolute atomic E-state index is 9.42. The van der Waals surface area contributed by atoms with Crippen molar-refractivity contribution in [1.29, 1.82) is 0 Å². The Balaban J connectivity index is 1.47. The van der Waals surface area contributed by atoms with Gasteiger partial charge in [0, 0.05) is 37.1 Å². The summed E-state index contributed by atoms with van der Waals surface area (Å²) < 4.78 is 17.9. The number of fused-ring (bicyclic) bond motifs is 1. The highest BCUT2D eigenvalue weighted by molar-refractivity contribution is 5.96. The van der Waals surface area contributed by atoms with Gasteiger partial charge in [-0.05, 0) is 59.4 Å². The molecule has 5 rings (SSSR count). The number of hydrogen-bond donors (Lipinski definition) is 4. The van der Waals surface area contributed by atoms with Crippen molar-refractivity contribution < 1.29 is 24.1 Å². The van der Waals surface area contributed by atoms with Crippen LogP contribution in [0.1, 0.15) is 29.5 Å². The van der Waals surface area contributed by atoms with Crippen LogP contribution in [0.4, 0.5) is 5.69 Å². The monoisotopic (exact) mass is 488 g/mol. The van der Waals surface area contributed by atoms with E-state index in [0.29, 0.717) is 18.8 Å². The molecule has 1 atom stereocenters. The number of para-hydroxylation sites is 1. The molecular formula is C29H32N2O5. The second-order valence-electron chi connectivity index (χ2n) is 9.16. The van der Waals surface area contributed by atoms with Crippen molar-refractivity contribution in [2.75, 3.05) is 18.5 Å². The first-order chi connectivity index (χ1) is 17.6. The first-order valence-corrected chi connectivity index (χ1v) is 12.4. The van der Waals surface area contributed by atoms with Crippen molar-refractivity contribution in [1.82, 2.24) is 0 Å². The molecule has 0 radical (unpaired) electrons. The van der Waals surface area contributed by atoms with Gasteiger partial charge in [0.1, 0.15) is 12.4 Å². The molecule has 4 aromatic rings. The number of benzene rings is 3. The van der Waals surface area contributed by atoms with Gasteiger partial charge in [-0.1, -0.05) is 36.4 Å². The van der Waals surface area contributed by atoms with Crippen LogP contribution in [0.3, 0.4) is 0 Å². The van der Waals surface area contributed by atoms with E-state index in [0.717, 1.165) is 63.9 Å². The zero-order valence-electron chi connectivity index (χ0n) is 20.2. The Labute approximate surface area is 210 Å². The molecule has 2 heterocycles. The predicted molar refractivity (Wildman–Crippen MR) is 140 cm³/mol. The Hall–Kier alpha value is -3.36. The Morgan fingerprint density at radius 3 is 2.72 bits per heavy atom. The SMILES string of the molecule is NCc1cccc(-c2cc(NCC3CCCO3)c3occ(COc4ccccc4CC(O)O)c3c2)c1. The topological polar surface area (TPSA) is 110 Å². The van der Waals surface area contributed by atoms with E-state index < -0.39 is 6.29 Å². The molecule has 7 heteroatoms. The van der Waals surface area contributed by atoms with Crippen molar-refractivity contribution in [3.05, 3.63) is 83.6 Å². The molecule has 188 valence electrons. The lowest BCUT2D eigenvalue weighted by atomic mass is 9.99. The summed E-state index contributed by atoms with van der Waals surface area (Å²) in [6.07, 6.45) is 2.72. The van der Waals surface area contributed by atoms with Gasteiger partial charge in [0.25, 0.3) is 0 Å². The fourth-order valence-corrected chi connectivity index (χ4v) is 4.67. The van der Waals surface area contributed by atoms with E-state index in [1.165, 1.54) is 0 Å². The lowest BCUT2D eigenvalue weighted by molar-refractivity contribution is -0.0385. The van der Waals surface area contributed by atoms with E-state index >= 15 is 0 Å². The second kappa shape index (κ2) is 11.1. The maximum Gasteiger partial charge on any atom is 0.157 e. The molecule has 0 spiro atoms. The Bertz CT molecular complexity index is 1310. The molecule has 0 amide bonds. The fourth-order valence-electron chi connectivity index (χ4n) is 4.67. The van der Waals surface area contributed by atoms with Crippen LogP contribution < -0.4 is 15.8 Å². The summed E-state index contributed by atoms with van der Waals surface area (Å²) in [7, 11) is 0. The molecule has 5 N–H and O–H groups in total. The van der Waals surface area contributed by atoms with Gasteiger partial charge in [0.15, 0.2) is 11.9 Å². The molecule has 1 saturated heterocycles. The van der Waals surface area contributed by atoms with Crippen molar-refractivity contribution in [2.45, 2.75) is 44.8 Å². The lowest BCUT2D eigenvalue weighted by Gasteiger charge is -2.14. The van der Waals surface area contributed by atoms with Crippen LogP contribution >= 0.6 is 0 Å². The first kappa shape index (κ1) is 24.3. The smallest absolute Gasteiger partial charge is 0.157 e. The zero-order valence-corrected chi connectivity index (χ0v) is 20.2. The normalized spacial score (nSPS) is 15.6. The highest BCUT2D eigenvalue weighted by Gasteiger charge is 2.18. The van der Waals surface area contributed by atoms with Gasteiger partial charge in [-0.2, -0.15) is 0 Å². The number of aliphatic hydroxyl groups is 2. The standard InChI is InChI=1S/C29H32N2O5/c30-15-19-5-3-7-20(11-19)22-12-25-23(17-35-27-9-2-1-6-21(27)14-28(32)33)18-36-29(25)26(13-22)31-16-24-8-4-10-34-24/h1-3,5-7,9,11-13,18,24,28,31-33H,4,8,10,14-17,30H2. The largest absolute Gasteiger partial charge is 0.488 e.